The van der Waals surface area contributed by atoms with Gasteiger partial charge in [0.1, 0.15) is 0 Å². The third-order valence-electron chi connectivity index (χ3n) is 12.9. The molecule has 0 aromatic heterocycles. The highest BCUT2D eigenvalue weighted by molar-refractivity contribution is 5.90. The second-order valence-electron chi connectivity index (χ2n) is 17.4. The number of rotatable bonds is 17. The Bertz CT molecular complexity index is 2860. The van der Waals surface area contributed by atoms with Crippen molar-refractivity contribution in [1.29, 1.82) is 0 Å². The van der Waals surface area contributed by atoms with E-state index in [1.54, 1.807) is 0 Å². The van der Waals surface area contributed by atoms with Crippen LogP contribution in [0.15, 0.2) is 268 Å². The molecule has 0 amide bonds. The van der Waals surface area contributed by atoms with E-state index < -0.39 is 0 Å². The van der Waals surface area contributed by atoms with Crippen LogP contribution in [0.3, 0.4) is 0 Å². The van der Waals surface area contributed by atoms with Crippen molar-refractivity contribution in [1.82, 2.24) is 0 Å². The molecule has 2 aliphatic carbocycles. The predicted octanol–water partition coefficient (Wildman–Crippen LogP) is 16.9. The highest BCUT2D eigenvalue weighted by Gasteiger charge is 2.36. The van der Waals surface area contributed by atoms with Crippen molar-refractivity contribution in [3.63, 3.8) is 0 Å². The molecule has 0 bridgehead atoms. The van der Waals surface area contributed by atoms with Crippen molar-refractivity contribution in [2.75, 3.05) is 9.80 Å². The fourth-order valence-electron chi connectivity index (χ4n) is 9.47. The van der Waals surface area contributed by atoms with Gasteiger partial charge in [-0.15, -0.1) is 0 Å². The normalized spacial score (nSPS) is 16.1. The molecule has 0 aliphatic heterocycles. The first-order valence-electron chi connectivity index (χ1n) is 23.1. The van der Waals surface area contributed by atoms with E-state index in [0.29, 0.717) is 5.92 Å². The smallest absolute Gasteiger partial charge is 0.0569 e. The summed E-state index contributed by atoms with van der Waals surface area (Å²) in [6.45, 7) is 19.6. The van der Waals surface area contributed by atoms with E-state index in [2.05, 4.69) is 275 Å². The third kappa shape index (κ3) is 9.84. The molecule has 0 spiro atoms. The molecule has 0 N–H and O–H groups in total. The van der Waals surface area contributed by atoms with Crippen molar-refractivity contribution >= 4 is 28.2 Å². The summed E-state index contributed by atoms with van der Waals surface area (Å²) >= 11 is 0. The van der Waals surface area contributed by atoms with Gasteiger partial charge in [-0.3, -0.25) is 0 Å². The lowest BCUT2D eigenvalue weighted by molar-refractivity contribution is 0.654. The molecule has 0 saturated carbocycles. The van der Waals surface area contributed by atoms with Gasteiger partial charge in [-0.2, -0.15) is 0 Å². The van der Waals surface area contributed by atoms with Gasteiger partial charge in [0.25, 0.3) is 0 Å². The number of benzene rings is 6. The quantitative estimate of drug-likeness (QED) is 0.0843. The maximum absolute atomic E-state index is 4.41. The van der Waals surface area contributed by atoms with Crippen LogP contribution < -0.4 is 9.80 Å². The van der Waals surface area contributed by atoms with Crippen LogP contribution in [-0.2, 0) is 11.8 Å². The fourth-order valence-corrected chi connectivity index (χ4v) is 9.47. The zero-order chi connectivity index (χ0) is 45.9. The number of hydrogen-bond acceptors (Lipinski definition) is 2. The number of nitrogens with zero attached hydrogens (tertiary/aromatic N) is 2. The molecule has 6 aromatic rings. The molecule has 0 fully saturated rings. The van der Waals surface area contributed by atoms with Gasteiger partial charge in [0.2, 0.25) is 0 Å². The summed E-state index contributed by atoms with van der Waals surface area (Å²) in [4.78, 5) is 4.74. The van der Waals surface area contributed by atoms with Gasteiger partial charge in [0.15, 0.2) is 0 Å². The summed E-state index contributed by atoms with van der Waals surface area (Å²) in [5.41, 5.74) is 16.1. The molecular weight excluding hydrogens is 797 g/mol. The van der Waals surface area contributed by atoms with Crippen molar-refractivity contribution in [2.24, 2.45) is 0 Å². The van der Waals surface area contributed by atoms with Gasteiger partial charge in [0.05, 0.1) is 6.04 Å². The molecule has 66 heavy (non-hydrogen) atoms. The average Bonchev–Trinajstić information content (AvgIpc) is 3.58. The zero-order valence-corrected chi connectivity index (χ0v) is 38.6. The summed E-state index contributed by atoms with van der Waals surface area (Å²) < 4.78 is 0. The first-order valence-corrected chi connectivity index (χ1v) is 23.1. The lowest BCUT2D eigenvalue weighted by atomic mass is 9.81. The van der Waals surface area contributed by atoms with Crippen molar-refractivity contribution < 1.29 is 0 Å². The van der Waals surface area contributed by atoms with Gasteiger partial charge in [0, 0.05) is 40.3 Å². The number of anilines is 3. The molecular formula is C64H60N2. The van der Waals surface area contributed by atoms with E-state index >= 15 is 0 Å². The first-order chi connectivity index (χ1) is 32.3. The maximum atomic E-state index is 4.41. The van der Waals surface area contributed by atoms with Gasteiger partial charge >= 0.3 is 0 Å². The molecule has 0 heterocycles. The summed E-state index contributed by atoms with van der Waals surface area (Å²) in [5.74, 6) is 0.385. The Kier molecular flexibility index (Phi) is 14.2. The molecule has 8 rings (SSSR count). The Hall–Kier alpha value is -7.68. The van der Waals surface area contributed by atoms with E-state index in [-0.39, 0.29) is 11.5 Å². The minimum atomic E-state index is -0.321. The molecule has 0 saturated heterocycles. The van der Waals surface area contributed by atoms with E-state index in [0.717, 1.165) is 41.2 Å². The third-order valence-corrected chi connectivity index (χ3v) is 12.9. The second-order valence-corrected chi connectivity index (χ2v) is 17.4. The Balaban J connectivity index is 1.20. The molecule has 326 valence electrons. The number of fused-ring (bicyclic) bond motifs is 1. The van der Waals surface area contributed by atoms with Crippen molar-refractivity contribution in [2.45, 2.75) is 51.0 Å². The van der Waals surface area contributed by atoms with Crippen LogP contribution in [0.4, 0.5) is 17.1 Å². The van der Waals surface area contributed by atoms with Crippen molar-refractivity contribution in [3.05, 3.63) is 296 Å². The van der Waals surface area contributed by atoms with Crippen LogP contribution >= 0.6 is 0 Å². The SMILES string of the molecule is C=C/C=C(/c1ccccc1)C(C)N(C(/C=C\Cc1ccccc1)=C/C=C)c1ccc2c(c1)C(C)(C)C(C=C)=C2/C=C\N(c1ccc(-c2ccccc2)cc1)c1ccc(C2C=CC=CC2)cc1. The van der Waals surface area contributed by atoms with E-state index in [1.165, 1.54) is 50.1 Å². The van der Waals surface area contributed by atoms with E-state index in [4.69, 9.17) is 0 Å². The summed E-state index contributed by atoms with van der Waals surface area (Å²) in [5, 5.41) is 0. The number of allylic oxidation sites excluding steroid dienone is 14. The molecule has 2 aliphatic rings. The Morgan fingerprint density at radius 2 is 1.32 bits per heavy atom. The van der Waals surface area contributed by atoms with Gasteiger partial charge in [-0.1, -0.05) is 210 Å². The molecule has 2 heteroatoms. The minimum Gasteiger partial charge on any atom is -0.334 e. The molecule has 0 radical (unpaired) electrons. The van der Waals surface area contributed by atoms with Crippen molar-refractivity contribution in [3.8, 4) is 11.1 Å². The minimum absolute atomic E-state index is 0.0643. The lowest BCUT2D eigenvalue weighted by Crippen LogP contribution is -2.33. The number of hydrogen-bond donors (Lipinski definition) is 0. The van der Waals surface area contributed by atoms with E-state index in [9.17, 15) is 0 Å². The Morgan fingerprint density at radius 1 is 0.697 bits per heavy atom. The van der Waals surface area contributed by atoms with Gasteiger partial charge in [-0.25, -0.2) is 0 Å². The monoisotopic (exact) mass is 856 g/mol. The van der Waals surface area contributed by atoms with Gasteiger partial charge in [-0.05, 0) is 130 Å². The van der Waals surface area contributed by atoms with Gasteiger partial charge < -0.3 is 9.80 Å². The summed E-state index contributed by atoms with van der Waals surface area (Å²) in [6, 6.07) is 56.6. The lowest BCUT2D eigenvalue weighted by Gasteiger charge is -2.35. The predicted molar refractivity (Wildman–Crippen MR) is 286 cm³/mol. The second kappa shape index (κ2) is 20.9. The topological polar surface area (TPSA) is 6.48 Å². The molecule has 2 unspecified atom stereocenters. The largest absolute Gasteiger partial charge is 0.334 e. The van der Waals surface area contributed by atoms with E-state index in [1.807, 2.05) is 12.2 Å². The highest BCUT2D eigenvalue weighted by atomic mass is 15.2. The van der Waals surface area contributed by atoms with Crippen LogP contribution in [0.2, 0.25) is 0 Å². The van der Waals surface area contributed by atoms with Crippen LogP contribution in [0.1, 0.15) is 60.9 Å². The Labute approximate surface area is 394 Å². The first kappa shape index (κ1) is 44.9. The van der Waals surface area contributed by atoms with Crippen LogP contribution in [0, 0.1) is 0 Å². The molecule has 6 aromatic carbocycles. The summed E-state index contributed by atoms with van der Waals surface area (Å²) in [6.07, 6.45) is 29.8. The fraction of sp³-hybridized carbons (Fsp3) is 0.125. The maximum Gasteiger partial charge on any atom is 0.0569 e. The Morgan fingerprint density at radius 3 is 1.95 bits per heavy atom. The van der Waals surface area contributed by atoms with Crippen LogP contribution in [0.5, 0.6) is 0 Å². The average molecular weight is 857 g/mol. The van der Waals surface area contributed by atoms with Crippen LogP contribution in [0.25, 0.3) is 22.3 Å². The molecule has 2 nitrogen and oxygen atoms in total. The highest BCUT2D eigenvalue weighted by Crippen LogP contribution is 2.49. The summed E-state index contributed by atoms with van der Waals surface area (Å²) in [7, 11) is 0. The molecule has 2 atom stereocenters. The standard InChI is InChI=1S/C64H60N2/c1-7-23-57(34-22-27-49-25-14-10-15-26-49)66(48(4)59(24-8-2)54-32-20-13-21-33-54)58-43-44-60-61(62(9-3)64(5,6)63(60)47-58)45-46-65(55-39-35-52(36-40-55)50-28-16-11-17-29-50)56-41-37-53(38-42-56)51-30-18-12-19-31-51/h7-26,28-30,32-48,51H,1-3,27,31H2,4-6H3/b34-22-,46-45-,57-23+,59-24+. The van der Waals surface area contributed by atoms with Crippen LogP contribution in [-0.4, -0.2) is 6.04 Å². The zero-order valence-electron chi connectivity index (χ0n) is 38.6.